The number of alkyl halides is 13. The van der Waals surface area contributed by atoms with Crippen molar-refractivity contribution in [2.75, 3.05) is 0 Å². The Labute approximate surface area is 171 Å². The number of unbranched alkanes of at least 4 members (excludes halogenated alkanes) is 2. The van der Waals surface area contributed by atoms with Crippen LogP contribution in [0.3, 0.4) is 0 Å². The first kappa shape index (κ1) is 27.9. The van der Waals surface area contributed by atoms with Crippen LogP contribution in [0.15, 0.2) is 18.2 Å². The molecule has 0 saturated heterocycles. The molecule has 0 aliphatic rings. The number of hydrogen-bond acceptors (Lipinski definition) is 2. The average Bonchev–Trinajstić information content (AvgIpc) is 2.63. The number of benzene rings is 1. The molecule has 0 aromatic heterocycles. The van der Waals surface area contributed by atoms with Crippen LogP contribution >= 0.6 is 0 Å². The molecule has 2 N–H and O–H groups in total. The minimum atomic E-state index is -7.89. The topological polar surface area (TPSA) is 40.5 Å². The van der Waals surface area contributed by atoms with Crippen LogP contribution in [-0.4, -0.2) is 46.0 Å². The lowest BCUT2D eigenvalue weighted by molar-refractivity contribution is -0.440. The van der Waals surface area contributed by atoms with Gasteiger partial charge >= 0.3 is 35.8 Å². The maximum Gasteiger partial charge on any atom is 0.460 e. The third-order valence-electron chi connectivity index (χ3n) is 4.53. The van der Waals surface area contributed by atoms with E-state index in [1.807, 2.05) is 0 Å². The summed E-state index contributed by atoms with van der Waals surface area (Å²) in [4.78, 5) is 0. The maximum atomic E-state index is 13.6. The maximum absolute atomic E-state index is 13.6. The first-order valence-corrected chi connectivity index (χ1v) is 8.61. The molecule has 1 rings (SSSR count). The molecule has 0 aliphatic heterocycles. The van der Waals surface area contributed by atoms with Crippen molar-refractivity contribution >= 4 is 0 Å². The van der Waals surface area contributed by atoms with Crippen LogP contribution in [0.2, 0.25) is 0 Å². The number of halogens is 13. The molecular weight excluding hydrogens is 483 g/mol. The van der Waals surface area contributed by atoms with E-state index >= 15 is 0 Å². The van der Waals surface area contributed by atoms with Crippen molar-refractivity contribution in [3.63, 3.8) is 0 Å². The Kier molecular flexibility index (Phi) is 7.59. The number of para-hydroxylation sites is 1. The first-order chi connectivity index (χ1) is 14.1. The zero-order valence-electron chi connectivity index (χ0n) is 15.6. The SMILES string of the molecule is Oc1cccc(CCCCCC(F)(F)C(F)(F)C(F)(F)C(F)(F)C(F)(F)C(F)(F)F)c1O. The van der Waals surface area contributed by atoms with Gasteiger partial charge in [0.25, 0.3) is 0 Å². The summed E-state index contributed by atoms with van der Waals surface area (Å²) < 4.78 is 169. The molecule has 32 heavy (non-hydrogen) atoms. The van der Waals surface area contributed by atoms with E-state index in [1.165, 1.54) is 12.1 Å². The van der Waals surface area contributed by atoms with Gasteiger partial charge in [0, 0.05) is 6.42 Å². The molecule has 15 heteroatoms. The largest absolute Gasteiger partial charge is 0.504 e. The molecule has 0 saturated carbocycles. The van der Waals surface area contributed by atoms with Gasteiger partial charge in [-0.25, -0.2) is 0 Å². The summed E-state index contributed by atoms with van der Waals surface area (Å²) in [6, 6.07) is 3.68. The molecular formula is C17H15F13O2. The standard InChI is InChI=1S/C17H15F13O2/c18-12(19,8-3-1-2-5-9-6-4-7-10(31)11(9)32)13(20,21)14(22,23)15(24,25)16(26,27)17(28,29)30/h4,6-7,31-32H,1-3,5,8H2. The Morgan fingerprint density at radius 1 is 0.594 bits per heavy atom. The molecule has 0 heterocycles. The number of aromatic hydroxyl groups is 2. The molecule has 1 aromatic carbocycles. The molecule has 0 unspecified atom stereocenters. The van der Waals surface area contributed by atoms with E-state index in [9.17, 15) is 67.3 Å². The fraction of sp³-hybridized carbons (Fsp3) is 0.647. The average molecular weight is 498 g/mol. The smallest absolute Gasteiger partial charge is 0.460 e. The Hall–Kier alpha value is -2.09. The summed E-state index contributed by atoms with van der Waals surface area (Å²) in [7, 11) is 0. The molecule has 0 amide bonds. The van der Waals surface area contributed by atoms with Crippen LogP contribution in [0.25, 0.3) is 0 Å². The molecule has 0 aliphatic carbocycles. The second kappa shape index (κ2) is 8.69. The monoisotopic (exact) mass is 498 g/mol. The van der Waals surface area contributed by atoms with Crippen molar-refractivity contribution in [2.45, 2.75) is 67.9 Å². The number of phenols is 2. The lowest BCUT2D eigenvalue weighted by Crippen LogP contribution is -2.70. The number of aryl methyl sites for hydroxylation is 1. The quantitative estimate of drug-likeness (QED) is 0.209. The lowest BCUT2D eigenvalue weighted by atomic mass is 9.91. The van der Waals surface area contributed by atoms with Crippen molar-refractivity contribution in [1.29, 1.82) is 0 Å². The van der Waals surface area contributed by atoms with E-state index in [4.69, 9.17) is 0 Å². The molecule has 186 valence electrons. The molecule has 0 atom stereocenters. The molecule has 1 aromatic rings. The zero-order chi connectivity index (χ0) is 25.4. The van der Waals surface area contributed by atoms with Crippen molar-refractivity contribution in [1.82, 2.24) is 0 Å². The summed E-state index contributed by atoms with van der Waals surface area (Å²) in [5.41, 5.74) is 0.0997. The normalized spacial score (nSPS) is 14.7. The van der Waals surface area contributed by atoms with Gasteiger partial charge in [-0.3, -0.25) is 0 Å². The van der Waals surface area contributed by atoms with Gasteiger partial charge in [0.1, 0.15) is 0 Å². The third-order valence-corrected chi connectivity index (χ3v) is 4.53. The van der Waals surface area contributed by atoms with E-state index in [0.29, 0.717) is 0 Å². The minimum Gasteiger partial charge on any atom is -0.504 e. The Morgan fingerprint density at radius 3 is 1.59 bits per heavy atom. The van der Waals surface area contributed by atoms with Gasteiger partial charge in [-0.05, 0) is 30.9 Å². The van der Waals surface area contributed by atoms with Gasteiger partial charge in [-0.1, -0.05) is 18.6 Å². The summed E-state index contributed by atoms with van der Waals surface area (Å²) >= 11 is 0. The van der Waals surface area contributed by atoms with E-state index in [0.717, 1.165) is 6.07 Å². The highest BCUT2D eigenvalue weighted by atomic mass is 19.4. The number of phenolic OH excluding ortho intramolecular Hbond substituents is 2. The third kappa shape index (κ3) is 4.65. The second-order valence-electron chi connectivity index (χ2n) is 6.85. The zero-order valence-corrected chi connectivity index (χ0v) is 15.6. The first-order valence-electron chi connectivity index (χ1n) is 8.61. The lowest BCUT2D eigenvalue weighted by Gasteiger charge is -2.39. The van der Waals surface area contributed by atoms with Gasteiger partial charge in [-0.15, -0.1) is 0 Å². The van der Waals surface area contributed by atoms with Gasteiger partial charge in [0.05, 0.1) is 0 Å². The fourth-order valence-corrected chi connectivity index (χ4v) is 2.58. The summed E-state index contributed by atoms with van der Waals surface area (Å²) in [5.74, 6) is -37.8. The van der Waals surface area contributed by atoms with Crippen molar-refractivity contribution < 1.29 is 67.3 Å². The Balaban J connectivity index is 2.90. The molecule has 0 bridgehead atoms. The summed E-state index contributed by atoms with van der Waals surface area (Å²) in [6.45, 7) is 0. The molecule has 0 fully saturated rings. The highest BCUT2D eigenvalue weighted by Crippen LogP contribution is 2.60. The number of hydrogen-bond donors (Lipinski definition) is 2. The van der Waals surface area contributed by atoms with Crippen LogP contribution in [-0.2, 0) is 6.42 Å². The molecule has 2 nitrogen and oxygen atoms in total. The summed E-state index contributed by atoms with van der Waals surface area (Å²) in [5, 5.41) is 18.8. The summed E-state index contributed by atoms with van der Waals surface area (Å²) in [6.07, 6.45) is -11.4. The number of rotatable bonds is 10. The van der Waals surface area contributed by atoms with Crippen LogP contribution in [0, 0.1) is 0 Å². The van der Waals surface area contributed by atoms with Crippen molar-refractivity contribution in [2.24, 2.45) is 0 Å². The fourth-order valence-electron chi connectivity index (χ4n) is 2.58. The van der Waals surface area contributed by atoms with Crippen LogP contribution in [0.4, 0.5) is 57.1 Å². The van der Waals surface area contributed by atoms with Gasteiger partial charge < -0.3 is 10.2 Å². The molecule has 0 radical (unpaired) electrons. The molecule has 0 spiro atoms. The predicted molar refractivity (Wildman–Crippen MR) is 82.7 cm³/mol. The van der Waals surface area contributed by atoms with E-state index in [-0.39, 0.29) is 18.4 Å². The van der Waals surface area contributed by atoms with Gasteiger partial charge in [0.15, 0.2) is 11.5 Å². The van der Waals surface area contributed by atoms with Crippen LogP contribution in [0.5, 0.6) is 11.5 Å². The van der Waals surface area contributed by atoms with Crippen LogP contribution < -0.4 is 0 Å². The van der Waals surface area contributed by atoms with E-state index < -0.39 is 66.6 Å². The highest BCUT2D eigenvalue weighted by Gasteiger charge is 2.90. The highest BCUT2D eigenvalue weighted by molar-refractivity contribution is 5.44. The Morgan fingerprint density at radius 2 is 1.09 bits per heavy atom. The minimum absolute atomic E-state index is 0.0997. The van der Waals surface area contributed by atoms with Gasteiger partial charge in [-0.2, -0.15) is 57.1 Å². The van der Waals surface area contributed by atoms with Crippen molar-refractivity contribution in [3.05, 3.63) is 23.8 Å². The second-order valence-corrected chi connectivity index (χ2v) is 6.85. The van der Waals surface area contributed by atoms with E-state index in [1.54, 1.807) is 0 Å². The van der Waals surface area contributed by atoms with Crippen molar-refractivity contribution in [3.8, 4) is 11.5 Å². The Bertz CT molecular complexity index is 787. The van der Waals surface area contributed by atoms with Crippen LogP contribution in [0.1, 0.15) is 31.2 Å². The van der Waals surface area contributed by atoms with E-state index in [2.05, 4.69) is 0 Å². The predicted octanol–water partition coefficient (Wildman–Crippen LogP) is 6.94. The van der Waals surface area contributed by atoms with Gasteiger partial charge in [0.2, 0.25) is 0 Å².